The van der Waals surface area contributed by atoms with Crippen LogP contribution in [0, 0.1) is 0 Å². The predicted molar refractivity (Wildman–Crippen MR) is 126 cm³/mol. The number of amides is 2. The number of hydrogen-bond donors (Lipinski definition) is 1. The summed E-state index contributed by atoms with van der Waals surface area (Å²) in [6.45, 7) is 8.19. The first kappa shape index (κ1) is 21.9. The average molecular weight is 466 g/mol. The number of carbonyl (C=O) groups is 2. The maximum Gasteiger partial charge on any atom is 0.292 e. The molecule has 0 unspecified atom stereocenters. The van der Waals surface area contributed by atoms with E-state index in [2.05, 4.69) is 14.8 Å². The number of rotatable bonds is 3. The molecule has 0 radical (unpaired) electrons. The van der Waals surface area contributed by atoms with Crippen molar-refractivity contribution in [1.82, 2.24) is 29.7 Å². The molecule has 12 heteroatoms. The first-order valence-corrected chi connectivity index (χ1v) is 11.3. The van der Waals surface area contributed by atoms with Crippen molar-refractivity contribution in [3.8, 4) is 11.4 Å². The minimum Gasteiger partial charge on any atom is -0.424 e. The predicted octanol–water partition coefficient (Wildman–Crippen LogP) is 0.599. The second-order valence-electron chi connectivity index (χ2n) is 8.48. The van der Waals surface area contributed by atoms with Gasteiger partial charge in [-0.2, -0.15) is 19.9 Å². The van der Waals surface area contributed by atoms with Gasteiger partial charge in [0.25, 0.3) is 6.01 Å². The molecule has 2 amide bonds. The number of nitrogen functional groups attached to an aromatic ring is 1. The zero-order valence-electron chi connectivity index (χ0n) is 19.3. The van der Waals surface area contributed by atoms with Crippen molar-refractivity contribution in [2.45, 2.75) is 13.8 Å². The van der Waals surface area contributed by atoms with E-state index in [0.29, 0.717) is 81.2 Å². The Labute approximate surface area is 196 Å². The summed E-state index contributed by atoms with van der Waals surface area (Å²) in [5.41, 5.74) is 7.68. The number of benzene rings is 1. The lowest BCUT2D eigenvalue weighted by Crippen LogP contribution is -2.50. The zero-order chi connectivity index (χ0) is 23.8. The molecule has 2 aromatic heterocycles. The lowest BCUT2D eigenvalue weighted by Gasteiger charge is -2.36. The van der Waals surface area contributed by atoms with E-state index in [1.807, 2.05) is 28.0 Å². The highest BCUT2D eigenvalue weighted by atomic mass is 16.4. The fraction of sp³-hybridized carbons (Fsp3) is 0.455. The van der Waals surface area contributed by atoms with Gasteiger partial charge in [-0.1, -0.05) is 0 Å². The third-order valence-corrected chi connectivity index (χ3v) is 6.29. The Morgan fingerprint density at radius 1 is 0.794 bits per heavy atom. The smallest absolute Gasteiger partial charge is 0.292 e. The summed E-state index contributed by atoms with van der Waals surface area (Å²) in [7, 11) is 0. The highest BCUT2D eigenvalue weighted by Crippen LogP contribution is 2.27. The molecule has 0 spiro atoms. The van der Waals surface area contributed by atoms with Crippen LogP contribution >= 0.6 is 0 Å². The van der Waals surface area contributed by atoms with Crippen LogP contribution in [0.15, 0.2) is 22.6 Å². The first-order valence-electron chi connectivity index (χ1n) is 11.3. The van der Waals surface area contributed by atoms with Crippen LogP contribution in [0.5, 0.6) is 0 Å². The Hall–Kier alpha value is -3.96. The molecule has 0 bridgehead atoms. The highest BCUT2D eigenvalue weighted by Gasteiger charge is 2.25. The monoisotopic (exact) mass is 465 g/mol. The third kappa shape index (κ3) is 4.30. The molecule has 0 atom stereocenters. The molecular formula is C22H27N9O3. The Morgan fingerprint density at radius 2 is 1.32 bits per heavy atom. The van der Waals surface area contributed by atoms with E-state index in [-0.39, 0.29) is 17.8 Å². The van der Waals surface area contributed by atoms with E-state index in [4.69, 9.17) is 25.1 Å². The molecular weight excluding hydrogens is 438 g/mol. The fourth-order valence-electron chi connectivity index (χ4n) is 4.29. The SMILES string of the molecule is CC(=O)N1CCN(c2nc(-c3ccc4nc(N)oc4c3)nc(N3CCN(C(C)=O)CC3)n2)CC1. The average Bonchev–Trinajstić information content (AvgIpc) is 3.23. The Morgan fingerprint density at radius 3 is 1.82 bits per heavy atom. The van der Waals surface area contributed by atoms with Gasteiger partial charge in [-0.3, -0.25) is 9.59 Å². The van der Waals surface area contributed by atoms with E-state index in [0.717, 1.165) is 5.56 Å². The fourth-order valence-corrected chi connectivity index (χ4v) is 4.29. The molecule has 0 aliphatic carbocycles. The maximum atomic E-state index is 11.7. The summed E-state index contributed by atoms with van der Waals surface area (Å²) < 4.78 is 5.49. The van der Waals surface area contributed by atoms with Crippen LogP contribution in [0.4, 0.5) is 17.9 Å². The van der Waals surface area contributed by atoms with Crippen molar-refractivity contribution >= 4 is 40.8 Å². The van der Waals surface area contributed by atoms with E-state index in [1.54, 1.807) is 13.8 Å². The molecule has 34 heavy (non-hydrogen) atoms. The summed E-state index contributed by atoms with van der Waals surface area (Å²) in [6, 6.07) is 5.64. The maximum absolute atomic E-state index is 11.7. The van der Waals surface area contributed by atoms with Crippen molar-refractivity contribution < 1.29 is 14.0 Å². The highest BCUT2D eigenvalue weighted by molar-refractivity contribution is 5.80. The molecule has 1 aromatic carbocycles. The van der Waals surface area contributed by atoms with Gasteiger partial charge in [0, 0.05) is 71.8 Å². The molecule has 2 N–H and O–H groups in total. The normalized spacial score (nSPS) is 16.9. The third-order valence-electron chi connectivity index (χ3n) is 6.29. The Bertz CT molecular complexity index is 1180. The number of oxazole rings is 1. The number of piperazine rings is 2. The van der Waals surface area contributed by atoms with Crippen LogP contribution < -0.4 is 15.5 Å². The molecule has 3 aromatic rings. The molecule has 5 rings (SSSR count). The van der Waals surface area contributed by atoms with Gasteiger partial charge in [0.1, 0.15) is 5.52 Å². The Kier molecular flexibility index (Phi) is 5.64. The van der Waals surface area contributed by atoms with Crippen LogP contribution in [0.1, 0.15) is 13.8 Å². The summed E-state index contributed by atoms with van der Waals surface area (Å²) in [5, 5.41) is 0. The van der Waals surface area contributed by atoms with E-state index >= 15 is 0 Å². The summed E-state index contributed by atoms with van der Waals surface area (Å²) in [5.74, 6) is 1.78. The molecule has 12 nitrogen and oxygen atoms in total. The molecule has 2 saturated heterocycles. The number of hydrogen-bond acceptors (Lipinski definition) is 10. The molecule has 2 fully saturated rings. The van der Waals surface area contributed by atoms with Crippen LogP contribution in [-0.2, 0) is 9.59 Å². The van der Waals surface area contributed by atoms with Crippen molar-refractivity contribution in [2.24, 2.45) is 0 Å². The van der Waals surface area contributed by atoms with Crippen molar-refractivity contribution in [2.75, 3.05) is 67.9 Å². The van der Waals surface area contributed by atoms with E-state index in [9.17, 15) is 9.59 Å². The second kappa shape index (κ2) is 8.76. The number of fused-ring (bicyclic) bond motifs is 1. The molecule has 178 valence electrons. The van der Waals surface area contributed by atoms with Gasteiger partial charge in [0.05, 0.1) is 0 Å². The van der Waals surface area contributed by atoms with Gasteiger partial charge >= 0.3 is 0 Å². The lowest BCUT2D eigenvalue weighted by atomic mass is 10.2. The zero-order valence-corrected chi connectivity index (χ0v) is 19.3. The number of carbonyl (C=O) groups excluding carboxylic acids is 2. The van der Waals surface area contributed by atoms with Gasteiger partial charge in [0.2, 0.25) is 23.7 Å². The van der Waals surface area contributed by atoms with E-state index in [1.165, 1.54) is 0 Å². The van der Waals surface area contributed by atoms with Gasteiger partial charge < -0.3 is 29.8 Å². The van der Waals surface area contributed by atoms with Gasteiger partial charge in [0.15, 0.2) is 11.4 Å². The largest absolute Gasteiger partial charge is 0.424 e. The quantitative estimate of drug-likeness (QED) is 0.585. The minimum absolute atomic E-state index is 0.0691. The number of nitrogens with two attached hydrogens (primary N) is 1. The molecule has 2 aliphatic heterocycles. The summed E-state index contributed by atoms with van der Waals surface area (Å²) in [6.07, 6.45) is 0. The van der Waals surface area contributed by atoms with Crippen LogP contribution in [0.3, 0.4) is 0 Å². The van der Waals surface area contributed by atoms with Crippen molar-refractivity contribution in [1.29, 1.82) is 0 Å². The van der Waals surface area contributed by atoms with Crippen LogP contribution in [-0.4, -0.2) is 93.9 Å². The van der Waals surface area contributed by atoms with Gasteiger partial charge in [-0.25, -0.2) is 0 Å². The van der Waals surface area contributed by atoms with Crippen molar-refractivity contribution in [3.63, 3.8) is 0 Å². The molecule has 0 saturated carbocycles. The standard InChI is InChI=1S/C22H27N9O3/c1-14(32)28-5-9-30(10-6-28)21-25-19(16-3-4-17-18(13-16)34-20(23)24-17)26-22(27-21)31-11-7-29(8-12-31)15(2)33/h3-4,13H,5-12H2,1-2H3,(H2,23,24). The summed E-state index contributed by atoms with van der Waals surface area (Å²) in [4.78, 5) is 49.7. The van der Waals surface area contributed by atoms with Gasteiger partial charge in [-0.15, -0.1) is 0 Å². The number of nitrogens with zero attached hydrogens (tertiary/aromatic N) is 8. The lowest BCUT2D eigenvalue weighted by molar-refractivity contribution is -0.129. The number of aromatic nitrogens is 4. The summed E-state index contributed by atoms with van der Waals surface area (Å²) >= 11 is 0. The minimum atomic E-state index is 0.0691. The molecule has 4 heterocycles. The number of anilines is 3. The van der Waals surface area contributed by atoms with E-state index < -0.39 is 0 Å². The second-order valence-corrected chi connectivity index (χ2v) is 8.48. The van der Waals surface area contributed by atoms with Gasteiger partial charge in [-0.05, 0) is 18.2 Å². The van der Waals surface area contributed by atoms with Crippen molar-refractivity contribution in [3.05, 3.63) is 18.2 Å². The first-order chi connectivity index (χ1) is 16.4. The molecule has 2 aliphatic rings. The Balaban J connectivity index is 1.48. The van der Waals surface area contributed by atoms with Crippen LogP contribution in [0.2, 0.25) is 0 Å². The van der Waals surface area contributed by atoms with Crippen LogP contribution in [0.25, 0.3) is 22.5 Å². The topological polar surface area (TPSA) is 138 Å².